The predicted molar refractivity (Wildman–Crippen MR) is 93.3 cm³/mol. The Balaban J connectivity index is 2.13. The highest BCUT2D eigenvalue weighted by Crippen LogP contribution is 2.38. The summed E-state index contributed by atoms with van der Waals surface area (Å²) in [4.78, 5) is 12.4. The number of hydrogen-bond donors (Lipinski definition) is 1. The molecule has 0 heterocycles. The van der Waals surface area contributed by atoms with Crippen molar-refractivity contribution in [3.8, 4) is 17.2 Å². The number of carbonyl (C=O) groups is 1. The number of hydrogen-bond acceptors (Lipinski definition) is 5. The molecule has 6 heteroatoms. The summed E-state index contributed by atoms with van der Waals surface area (Å²) in [5.74, 6) is 1.06. The third kappa shape index (κ3) is 4.63. The lowest BCUT2D eigenvalue weighted by Gasteiger charge is -2.14. The number of nitrogens with one attached hydrogen (secondary N) is 1. The topological polar surface area (TPSA) is 69.2 Å². The average Bonchev–Trinajstić information content (AvgIpc) is 2.59. The van der Waals surface area contributed by atoms with E-state index < -0.39 is 0 Å². The minimum atomic E-state index is -0.288. The van der Waals surface area contributed by atoms with Gasteiger partial charge in [0, 0.05) is 11.3 Å². The van der Waals surface area contributed by atoms with Gasteiger partial charge in [0.1, 0.15) is 0 Å². The van der Waals surface area contributed by atoms with Crippen LogP contribution in [0.25, 0.3) is 0 Å². The molecule has 0 spiro atoms. The Morgan fingerprint density at radius 1 is 0.917 bits per heavy atom. The summed E-state index contributed by atoms with van der Waals surface area (Å²) in [6.07, 6.45) is 7.95. The molecule has 0 aliphatic heterocycles. The second kappa shape index (κ2) is 9.15. The summed E-state index contributed by atoms with van der Waals surface area (Å²) in [7, 11) is 4.57. The number of methoxy groups -OCH3 is 3. The second-order valence-corrected chi connectivity index (χ2v) is 5.80. The van der Waals surface area contributed by atoms with E-state index in [1.807, 2.05) is 0 Å². The van der Waals surface area contributed by atoms with Gasteiger partial charge in [0.15, 0.2) is 11.5 Å². The van der Waals surface area contributed by atoms with Crippen LogP contribution in [0.1, 0.15) is 55.3 Å². The van der Waals surface area contributed by atoms with Crippen molar-refractivity contribution in [2.75, 3.05) is 21.3 Å². The Morgan fingerprint density at radius 3 is 1.96 bits per heavy atom. The van der Waals surface area contributed by atoms with Crippen LogP contribution >= 0.6 is 0 Å². The van der Waals surface area contributed by atoms with Gasteiger partial charge in [-0.25, -0.2) is 5.43 Å². The molecule has 1 aliphatic carbocycles. The molecule has 0 bridgehead atoms. The minimum Gasteiger partial charge on any atom is -0.493 e. The number of ether oxygens (including phenoxy) is 3. The van der Waals surface area contributed by atoms with E-state index in [9.17, 15) is 4.79 Å². The molecule has 0 atom stereocenters. The molecule has 0 unspecified atom stereocenters. The number of benzene rings is 1. The van der Waals surface area contributed by atoms with Gasteiger partial charge < -0.3 is 14.2 Å². The van der Waals surface area contributed by atoms with Crippen molar-refractivity contribution in [1.82, 2.24) is 5.43 Å². The van der Waals surface area contributed by atoms with Crippen molar-refractivity contribution < 1.29 is 19.0 Å². The number of rotatable bonds is 5. The SMILES string of the molecule is COc1cc(C(=O)NN=C2CCCCCCC2)cc(OC)c1OC. The highest BCUT2D eigenvalue weighted by atomic mass is 16.5. The maximum atomic E-state index is 12.4. The summed E-state index contributed by atoms with van der Waals surface area (Å²) >= 11 is 0. The van der Waals surface area contributed by atoms with E-state index in [2.05, 4.69) is 10.5 Å². The van der Waals surface area contributed by atoms with Crippen LogP contribution in [0.2, 0.25) is 0 Å². The van der Waals surface area contributed by atoms with Crippen molar-refractivity contribution in [2.24, 2.45) is 5.10 Å². The van der Waals surface area contributed by atoms with Crippen molar-refractivity contribution >= 4 is 11.6 Å². The van der Waals surface area contributed by atoms with Crippen LogP contribution < -0.4 is 19.6 Å². The summed E-state index contributed by atoms with van der Waals surface area (Å²) in [6, 6.07) is 3.24. The van der Waals surface area contributed by atoms with Gasteiger partial charge >= 0.3 is 0 Å². The highest BCUT2D eigenvalue weighted by Gasteiger charge is 2.17. The van der Waals surface area contributed by atoms with E-state index >= 15 is 0 Å². The van der Waals surface area contributed by atoms with Gasteiger partial charge in [-0.3, -0.25) is 4.79 Å². The second-order valence-electron chi connectivity index (χ2n) is 5.80. The number of carbonyl (C=O) groups excluding carboxylic acids is 1. The summed E-state index contributed by atoms with van der Waals surface area (Å²) in [5, 5.41) is 4.32. The molecule has 1 fully saturated rings. The molecule has 1 aromatic carbocycles. The lowest BCUT2D eigenvalue weighted by atomic mass is 9.99. The number of amides is 1. The first kappa shape index (κ1) is 18.1. The molecule has 1 saturated carbocycles. The maximum absolute atomic E-state index is 12.4. The minimum absolute atomic E-state index is 0.288. The van der Waals surface area contributed by atoms with Crippen molar-refractivity contribution in [3.05, 3.63) is 17.7 Å². The lowest BCUT2D eigenvalue weighted by molar-refractivity contribution is 0.0953. The Hall–Kier alpha value is -2.24. The Labute approximate surface area is 143 Å². The molecule has 132 valence electrons. The van der Waals surface area contributed by atoms with Crippen LogP contribution in [0.5, 0.6) is 17.2 Å². The number of nitrogens with zero attached hydrogens (tertiary/aromatic N) is 1. The zero-order chi connectivity index (χ0) is 17.4. The van der Waals surface area contributed by atoms with Crippen LogP contribution in [0.15, 0.2) is 17.2 Å². The molecule has 1 aliphatic rings. The summed E-state index contributed by atoms with van der Waals surface area (Å²) in [5.41, 5.74) is 4.14. The lowest BCUT2D eigenvalue weighted by Crippen LogP contribution is -2.20. The van der Waals surface area contributed by atoms with Gasteiger partial charge in [-0.15, -0.1) is 0 Å². The maximum Gasteiger partial charge on any atom is 0.271 e. The Bertz CT molecular complexity index is 564. The normalized spacial score (nSPS) is 15.0. The Kier molecular flexibility index (Phi) is 6.90. The fourth-order valence-corrected chi connectivity index (χ4v) is 2.83. The molecule has 0 radical (unpaired) electrons. The van der Waals surface area contributed by atoms with E-state index in [1.54, 1.807) is 12.1 Å². The third-order valence-corrected chi connectivity index (χ3v) is 4.17. The molecule has 0 aromatic heterocycles. The predicted octanol–water partition coefficient (Wildman–Crippen LogP) is 3.54. The van der Waals surface area contributed by atoms with Crippen LogP contribution in [-0.4, -0.2) is 32.9 Å². The first-order chi connectivity index (χ1) is 11.7. The van der Waals surface area contributed by atoms with E-state index in [0.717, 1.165) is 31.4 Å². The monoisotopic (exact) mass is 334 g/mol. The Morgan fingerprint density at radius 2 is 1.46 bits per heavy atom. The standard InChI is InChI=1S/C18H26N2O4/c1-22-15-11-13(12-16(23-2)17(15)24-3)18(21)20-19-14-9-7-5-4-6-8-10-14/h11-12H,4-10H2,1-3H3,(H,20,21). The summed E-state index contributed by atoms with van der Waals surface area (Å²) < 4.78 is 15.8. The molecule has 6 nitrogen and oxygen atoms in total. The molecule has 2 rings (SSSR count). The average molecular weight is 334 g/mol. The van der Waals surface area contributed by atoms with Gasteiger partial charge in [-0.2, -0.15) is 5.10 Å². The highest BCUT2D eigenvalue weighted by molar-refractivity contribution is 5.96. The molecule has 1 amide bonds. The zero-order valence-electron chi connectivity index (χ0n) is 14.7. The van der Waals surface area contributed by atoms with Crippen LogP contribution in [0.4, 0.5) is 0 Å². The van der Waals surface area contributed by atoms with Crippen LogP contribution in [0, 0.1) is 0 Å². The van der Waals surface area contributed by atoms with Crippen LogP contribution in [-0.2, 0) is 0 Å². The first-order valence-electron chi connectivity index (χ1n) is 8.35. The molecule has 1 aromatic rings. The fraction of sp³-hybridized carbons (Fsp3) is 0.556. The van der Waals surface area contributed by atoms with Crippen molar-refractivity contribution in [3.63, 3.8) is 0 Å². The molecular formula is C18H26N2O4. The van der Waals surface area contributed by atoms with Crippen LogP contribution in [0.3, 0.4) is 0 Å². The number of hydrazone groups is 1. The molecule has 24 heavy (non-hydrogen) atoms. The van der Waals surface area contributed by atoms with Gasteiger partial charge in [0.05, 0.1) is 21.3 Å². The third-order valence-electron chi connectivity index (χ3n) is 4.17. The largest absolute Gasteiger partial charge is 0.493 e. The smallest absolute Gasteiger partial charge is 0.271 e. The molecule has 0 saturated heterocycles. The van der Waals surface area contributed by atoms with E-state index in [1.165, 1.54) is 40.6 Å². The van der Waals surface area contributed by atoms with E-state index in [4.69, 9.17) is 14.2 Å². The quantitative estimate of drug-likeness (QED) is 0.836. The van der Waals surface area contributed by atoms with Crippen molar-refractivity contribution in [2.45, 2.75) is 44.9 Å². The fourth-order valence-electron chi connectivity index (χ4n) is 2.83. The van der Waals surface area contributed by atoms with Gasteiger partial charge in [-0.05, 0) is 37.8 Å². The van der Waals surface area contributed by atoms with Crippen molar-refractivity contribution in [1.29, 1.82) is 0 Å². The van der Waals surface area contributed by atoms with Gasteiger partial charge in [0.25, 0.3) is 5.91 Å². The first-order valence-corrected chi connectivity index (χ1v) is 8.35. The molecular weight excluding hydrogens is 308 g/mol. The van der Waals surface area contributed by atoms with Gasteiger partial charge in [0.2, 0.25) is 5.75 Å². The van der Waals surface area contributed by atoms with E-state index in [-0.39, 0.29) is 5.91 Å². The van der Waals surface area contributed by atoms with Gasteiger partial charge in [-0.1, -0.05) is 19.3 Å². The molecule has 1 N–H and O–H groups in total. The summed E-state index contributed by atoms with van der Waals surface area (Å²) in [6.45, 7) is 0. The van der Waals surface area contributed by atoms with E-state index in [0.29, 0.717) is 22.8 Å². The zero-order valence-corrected chi connectivity index (χ0v) is 14.7.